The van der Waals surface area contributed by atoms with Crippen molar-refractivity contribution in [2.75, 3.05) is 10.6 Å². The fraction of sp³-hybridized carbons (Fsp3) is 0. The second kappa shape index (κ2) is 13.1. The van der Waals surface area contributed by atoms with Gasteiger partial charge in [-0.1, -0.05) is 109 Å². The Kier molecular flexibility index (Phi) is 8.24. The van der Waals surface area contributed by atoms with Gasteiger partial charge in [-0.3, -0.25) is 9.98 Å². The number of aliphatic imine (C=N–C) groups is 2. The minimum Gasteiger partial charge on any atom is -0.354 e. The van der Waals surface area contributed by atoms with Crippen LogP contribution in [0.3, 0.4) is 0 Å². The SMILES string of the molecule is C(=Nc1cc(-c2ccc(Nc3ccccc3)c(N=Cc3ccccc3)c2)ccc1Nc1ccccc1)c1ccccc1. The van der Waals surface area contributed by atoms with E-state index in [1.165, 1.54) is 0 Å². The molecule has 0 saturated carbocycles. The van der Waals surface area contributed by atoms with Gasteiger partial charge in [0.25, 0.3) is 0 Å². The topological polar surface area (TPSA) is 48.8 Å². The zero-order chi connectivity index (χ0) is 28.4. The molecule has 0 radical (unpaired) electrons. The summed E-state index contributed by atoms with van der Waals surface area (Å²) in [6.45, 7) is 0. The van der Waals surface area contributed by atoms with Crippen molar-refractivity contribution in [3.63, 3.8) is 0 Å². The highest BCUT2D eigenvalue weighted by Crippen LogP contribution is 2.37. The summed E-state index contributed by atoms with van der Waals surface area (Å²) in [6, 6.07) is 53.2. The van der Waals surface area contributed by atoms with Crippen molar-refractivity contribution in [1.29, 1.82) is 0 Å². The van der Waals surface area contributed by atoms with Crippen LogP contribution in [0.15, 0.2) is 168 Å². The number of nitrogens with one attached hydrogen (secondary N) is 2. The first-order valence-corrected chi connectivity index (χ1v) is 13.9. The molecule has 0 aliphatic heterocycles. The van der Waals surface area contributed by atoms with E-state index in [0.717, 1.165) is 56.4 Å². The van der Waals surface area contributed by atoms with E-state index in [-0.39, 0.29) is 0 Å². The first-order valence-electron chi connectivity index (χ1n) is 13.9. The zero-order valence-corrected chi connectivity index (χ0v) is 23.1. The molecule has 0 aromatic heterocycles. The van der Waals surface area contributed by atoms with Crippen LogP contribution in [0.2, 0.25) is 0 Å². The number of hydrogen-bond donors (Lipinski definition) is 2. The van der Waals surface area contributed by atoms with E-state index >= 15 is 0 Å². The Labute approximate surface area is 246 Å². The largest absolute Gasteiger partial charge is 0.354 e. The van der Waals surface area contributed by atoms with Crippen molar-refractivity contribution in [3.05, 3.63) is 169 Å². The van der Waals surface area contributed by atoms with Gasteiger partial charge in [-0.05, 0) is 70.8 Å². The lowest BCUT2D eigenvalue weighted by atomic mass is 10.0. The Hall–Kier alpha value is -5.74. The fourth-order valence-electron chi connectivity index (χ4n) is 4.57. The Morgan fingerprint density at radius 2 is 0.738 bits per heavy atom. The lowest BCUT2D eigenvalue weighted by Crippen LogP contribution is -1.93. The van der Waals surface area contributed by atoms with E-state index in [0.29, 0.717) is 0 Å². The summed E-state index contributed by atoms with van der Waals surface area (Å²) in [5.74, 6) is 0. The van der Waals surface area contributed by atoms with E-state index in [1.54, 1.807) is 0 Å². The number of benzene rings is 6. The van der Waals surface area contributed by atoms with Gasteiger partial charge in [-0.2, -0.15) is 0 Å². The third-order valence-electron chi connectivity index (χ3n) is 6.74. The number of para-hydroxylation sites is 2. The van der Waals surface area contributed by atoms with Crippen molar-refractivity contribution in [2.45, 2.75) is 0 Å². The van der Waals surface area contributed by atoms with Gasteiger partial charge in [0.05, 0.1) is 22.7 Å². The summed E-state index contributed by atoms with van der Waals surface area (Å²) in [5.41, 5.74) is 9.77. The molecule has 6 aromatic rings. The summed E-state index contributed by atoms with van der Waals surface area (Å²) in [4.78, 5) is 9.80. The minimum atomic E-state index is 0.848. The van der Waals surface area contributed by atoms with Crippen molar-refractivity contribution < 1.29 is 0 Å². The molecule has 4 nitrogen and oxygen atoms in total. The maximum atomic E-state index is 4.90. The van der Waals surface area contributed by atoms with Gasteiger partial charge < -0.3 is 10.6 Å². The summed E-state index contributed by atoms with van der Waals surface area (Å²) in [6.07, 6.45) is 3.80. The van der Waals surface area contributed by atoms with Crippen molar-refractivity contribution in [1.82, 2.24) is 0 Å². The average Bonchev–Trinajstić information content (AvgIpc) is 3.06. The van der Waals surface area contributed by atoms with E-state index < -0.39 is 0 Å². The molecule has 202 valence electrons. The minimum absolute atomic E-state index is 0.848. The molecule has 0 atom stereocenters. The van der Waals surface area contributed by atoms with Crippen molar-refractivity contribution >= 4 is 46.6 Å². The molecular formula is C38H30N4. The Balaban J connectivity index is 1.38. The highest BCUT2D eigenvalue weighted by molar-refractivity contribution is 5.89. The van der Waals surface area contributed by atoms with Gasteiger partial charge in [0.2, 0.25) is 0 Å². The molecule has 42 heavy (non-hydrogen) atoms. The monoisotopic (exact) mass is 542 g/mol. The smallest absolute Gasteiger partial charge is 0.0870 e. The lowest BCUT2D eigenvalue weighted by molar-refractivity contribution is 1.46. The predicted octanol–water partition coefficient (Wildman–Crippen LogP) is 10.3. The van der Waals surface area contributed by atoms with Crippen LogP contribution in [0.25, 0.3) is 11.1 Å². The van der Waals surface area contributed by atoms with Crippen LogP contribution in [-0.2, 0) is 0 Å². The molecule has 0 amide bonds. The highest BCUT2D eigenvalue weighted by Gasteiger charge is 2.09. The molecule has 0 bridgehead atoms. The molecule has 4 heteroatoms. The maximum absolute atomic E-state index is 4.90. The van der Waals surface area contributed by atoms with Gasteiger partial charge in [-0.15, -0.1) is 0 Å². The molecule has 0 spiro atoms. The van der Waals surface area contributed by atoms with E-state index in [4.69, 9.17) is 9.98 Å². The molecule has 6 rings (SSSR count). The van der Waals surface area contributed by atoms with Crippen molar-refractivity contribution in [2.24, 2.45) is 9.98 Å². The van der Waals surface area contributed by atoms with Crippen molar-refractivity contribution in [3.8, 4) is 11.1 Å². The molecule has 0 heterocycles. The maximum Gasteiger partial charge on any atom is 0.0870 e. The molecule has 0 aliphatic rings. The highest BCUT2D eigenvalue weighted by atomic mass is 14.9. The summed E-state index contributed by atoms with van der Waals surface area (Å²) in [5, 5.41) is 7.05. The summed E-state index contributed by atoms with van der Waals surface area (Å²) < 4.78 is 0. The Morgan fingerprint density at radius 3 is 1.12 bits per heavy atom. The van der Waals surface area contributed by atoms with Crippen LogP contribution in [0, 0.1) is 0 Å². The van der Waals surface area contributed by atoms with Crippen LogP contribution in [0.5, 0.6) is 0 Å². The Morgan fingerprint density at radius 1 is 0.381 bits per heavy atom. The fourth-order valence-corrected chi connectivity index (χ4v) is 4.57. The van der Waals surface area contributed by atoms with Gasteiger partial charge in [0.1, 0.15) is 0 Å². The third-order valence-corrected chi connectivity index (χ3v) is 6.74. The normalized spacial score (nSPS) is 11.1. The molecular weight excluding hydrogens is 512 g/mol. The molecule has 0 saturated heterocycles. The average molecular weight is 543 g/mol. The second-order valence-corrected chi connectivity index (χ2v) is 9.78. The van der Waals surface area contributed by atoms with Crippen LogP contribution < -0.4 is 10.6 Å². The Bertz CT molecular complexity index is 1660. The second-order valence-electron chi connectivity index (χ2n) is 9.78. The van der Waals surface area contributed by atoms with Crippen LogP contribution in [-0.4, -0.2) is 12.4 Å². The summed E-state index contributed by atoms with van der Waals surface area (Å²) >= 11 is 0. The molecule has 0 fully saturated rings. The van der Waals surface area contributed by atoms with Crippen LogP contribution in [0.1, 0.15) is 11.1 Å². The van der Waals surface area contributed by atoms with Gasteiger partial charge in [0.15, 0.2) is 0 Å². The van der Waals surface area contributed by atoms with E-state index in [2.05, 4.69) is 47.0 Å². The molecule has 0 aliphatic carbocycles. The number of nitrogens with zero attached hydrogens (tertiary/aromatic N) is 2. The van der Waals surface area contributed by atoms with Gasteiger partial charge >= 0.3 is 0 Å². The van der Waals surface area contributed by atoms with Gasteiger partial charge in [-0.25, -0.2) is 0 Å². The quantitative estimate of drug-likeness (QED) is 0.179. The number of rotatable bonds is 9. The van der Waals surface area contributed by atoms with E-state index in [9.17, 15) is 0 Å². The van der Waals surface area contributed by atoms with Crippen LogP contribution >= 0.6 is 0 Å². The predicted molar refractivity (Wildman–Crippen MR) is 179 cm³/mol. The first kappa shape index (κ1) is 26.5. The zero-order valence-electron chi connectivity index (χ0n) is 23.1. The molecule has 6 aromatic carbocycles. The summed E-state index contributed by atoms with van der Waals surface area (Å²) in [7, 11) is 0. The number of anilines is 4. The molecule has 2 N–H and O–H groups in total. The van der Waals surface area contributed by atoms with Gasteiger partial charge in [0, 0.05) is 23.8 Å². The third kappa shape index (κ3) is 6.87. The first-order chi connectivity index (χ1) is 20.8. The number of hydrogen-bond acceptors (Lipinski definition) is 4. The lowest BCUT2D eigenvalue weighted by Gasteiger charge is -2.14. The standard InChI is InChI=1S/C38H30N4/c1-5-13-29(14-6-1)27-39-37-25-31(21-23-35(37)41-33-17-9-3-10-18-33)32-22-24-36(42-34-19-11-4-12-20-34)38(26-32)40-28-30-15-7-2-8-16-30/h1-28,41-42H. The molecule has 0 unspecified atom stereocenters. The van der Waals surface area contributed by atoms with Crippen LogP contribution in [0.4, 0.5) is 34.1 Å². The van der Waals surface area contributed by atoms with E-state index in [1.807, 2.05) is 134 Å².